The van der Waals surface area contributed by atoms with Gasteiger partial charge in [0.1, 0.15) is 5.69 Å². The molecule has 1 aromatic carbocycles. The average molecular weight is 321 g/mol. The van der Waals surface area contributed by atoms with Crippen molar-refractivity contribution in [2.45, 2.75) is 32.6 Å². The molecule has 7 nitrogen and oxygen atoms in total. The number of morpholine rings is 1. The standard InChI is InChI=1S/C16H23N3O4/c1-2-3-4-5-16(20)17-13-6-7-14(15(12-13)19(21)22)18-8-10-23-11-9-18/h6-7,12H,2-5,8-11H2,1H3,(H,17,20). The third-order valence-electron chi connectivity index (χ3n) is 3.82. The van der Waals surface area contributed by atoms with Gasteiger partial charge in [-0.05, 0) is 18.6 Å². The number of nitrogens with zero attached hydrogens (tertiary/aromatic N) is 2. The van der Waals surface area contributed by atoms with Crippen LogP contribution in [0, 0.1) is 10.1 Å². The van der Waals surface area contributed by atoms with E-state index in [-0.39, 0.29) is 11.6 Å². The van der Waals surface area contributed by atoms with Gasteiger partial charge in [0, 0.05) is 31.3 Å². The number of nitro benzene ring substituents is 1. The summed E-state index contributed by atoms with van der Waals surface area (Å²) in [5, 5.41) is 14.1. The molecule has 0 atom stereocenters. The predicted molar refractivity (Wildman–Crippen MR) is 88.9 cm³/mol. The van der Waals surface area contributed by atoms with Crippen LogP contribution in [0.15, 0.2) is 18.2 Å². The number of ether oxygens (including phenoxy) is 1. The highest BCUT2D eigenvalue weighted by Gasteiger charge is 2.22. The van der Waals surface area contributed by atoms with Crippen LogP contribution in [0.2, 0.25) is 0 Å². The highest BCUT2D eigenvalue weighted by Crippen LogP contribution is 2.31. The fraction of sp³-hybridized carbons (Fsp3) is 0.562. The van der Waals surface area contributed by atoms with Gasteiger partial charge >= 0.3 is 0 Å². The van der Waals surface area contributed by atoms with Gasteiger partial charge in [0.15, 0.2) is 0 Å². The first-order valence-corrected chi connectivity index (χ1v) is 8.02. The quantitative estimate of drug-likeness (QED) is 0.474. The van der Waals surface area contributed by atoms with E-state index < -0.39 is 4.92 Å². The first-order valence-electron chi connectivity index (χ1n) is 8.02. The summed E-state index contributed by atoms with van der Waals surface area (Å²) in [6, 6.07) is 4.85. The number of anilines is 2. The molecule has 2 rings (SSSR count). The molecule has 126 valence electrons. The number of carbonyl (C=O) groups is 1. The van der Waals surface area contributed by atoms with Gasteiger partial charge in [-0.25, -0.2) is 0 Å². The molecule has 1 N–H and O–H groups in total. The third kappa shape index (κ3) is 4.92. The summed E-state index contributed by atoms with van der Waals surface area (Å²) in [5.74, 6) is -0.105. The molecule has 1 aliphatic rings. The molecule has 0 saturated carbocycles. The Kier molecular flexibility index (Phi) is 6.34. The molecule has 1 amide bonds. The minimum Gasteiger partial charge on any atom is -0.378 e. The van der Waals surface area contributed by atoms with Crippen molar-refractivity contribution in [3.05, 3.63) is 28.3 Å². The van der Waals surface area contributed by atoms with Crippen LogP contribution < -0.4 is 10.2 Å². The van der Waals surface area contributed by atoms with Gasteiger partial charge in [0.05, 0.1) is 18.1 Å². The number of rotatable bonds is 7. The van der Waals surface area contributed by atoms with Crippen molar-refractivity contribution in [3.8, 4) is 0 Å². The van der Waals surface area contributed by atoms with Crippen LogP contribution in [0.5, 0.6) is 0 Å². The number of amides is 1. The summed E-state index contributed by atoms with van der Waals surface area (Å²) in [4.78, 5) is 24.7. The molecular formula is C16H23N3O4. The minimum absolute atomic E-state index is 0.0123. The third-order valence-corrected chi connectivity index (χ3v) is 3.82. The second-order valence-corrected chi connectivity index (χ2v) is 5.57. The minimum atomic E-state index is -0.405. The average Bonchev–Trinajstić information content (AvgIpc) is 2.56. The number of carbonyl (C=O) groups excluding carboxylic acids is 1. The molecule has 1 heterocycles. The first kappa shape index (κ1) is 17.2. The Balaban J connectivity index is 2.09. The molecule has 0 aliphatic carbocycles. The lowest BCUT2D eigenvalue weighted by molar-refractivity contribution is -0.384. The maximum atomic E-state index is 11.8. The summed E-state index contributed by atoms with van der Waals surface area (Å²) in [6.45, 7) is 4.46. The number of hydrogen-bond acceptors (Lipinski definition) is 5. The lowest BCUT2D eigenvalue weighted by Crippen LogP contribution is -2.36. The van der Waals surface area contributed by atoms with Gasteiger partial charge in [-0.2, -0.15) is 0 Å². The van der Waals surface area contributed by atoms with E-state index in [1.54, 1.807) is 12.1 Å². The van der Waals surface area contributed by atoms with Crippen molar-refractivity contribution in [2.75, 3.05) is 36.5 Å². The van der Waals surface area contributed by atoms with Crippen molar-refractivity contribution < 1.29 is 14.5 Å². The molecule has 23 heavy (non-hydrogen) atoms. The normalized spacial score (nSPS) is 14.6. The van der Waals surface area contributed by atoms with Gasteiger partial charge in [-0.15, -0.1) is 0 Å². The maximum absolute atomic E-state index is 11.8. The number of unbranched alkanes of at least 4 members (excludes halogenated alkanes) is 2. The highest BCUT2D eigenvalue weighted by atomic mass is 16.6. The molecule has 0 spiro atoms. The van der Waals surface area contributed by atoms with E-state index >= 15 is 0 Å². The fourth-order valence-electron chi connectivity index (χ4n) is 2.58. The summed E-state index contributed by atoms with van der Waals surface area (Å²) in [6.07, 6.45) is 3.32. The van der Waals surface area contributed by atoms with Gasteiger partial charge < -0.3 is 15.0 Å². The Morgan fingerprint density at radius 3 is 2.74 bits per heavy atom. The lowest BCUT2D eigenvalue weighted by atomic mass is 10.2. The van der Waals surface area contributed by atoms with Crippen LogP contribution in [0.25, 0.3) is 0 Å². The number of hydrogen-bond donors (Lipinski definition) is 1. The van der Waals surface area contributed by atoms with Crippen molar-refractivity contribution in [1.29, 1.82) is 0 Å². The molecule has 0 bridgehead atoms. The van der Waals surface area contributed by atoms with Crippen LogP contribution in [-0.2, 0) is 9.53 Å². The molecule has 1 aromatic rings. The largest absolute Gasteiger partial charge is 0.378 e. The fourth-order valence-corrected chi connectivity index (χ4v) is 2.58. The number of nitrogens with one attached hydrogen (secondary N) is 1. The van der Waals surface area contributed by atoms with Gasteiger partial charge in [-0.3, -0.25) is 14.9 Å². The van der Waals surface area contributed by atoms with Crippen LogP contribution in [0.4, 0.5) is 17.1 Å². The van der Waals surface area contributed by atoms with E-state index in [9.17, 15) is 14.9 Å². The van der Waals surface area contributed by atoms with Crippen molar-refractivity contribution in [3.63, 3.8) is 0 Å². The van der Waals surface area contributed by atoms with Crippen molar-refractivity contribution >= 4 is 23.0 Å². The van der Waals surface area contributed by atoms with Crippen molar-refractivity contribution in [2.24, 2.45) is 0 Å². The Hall–Kier alpha value is -2.15. The number of benzene rings is 1. The van der Waals surface area contributed by atoms with E-state index in [1.165, 1.54) is 6.07 Å². The monoisotopic (exact) mass is 321 g/mol. The molecule has 1 aliphatic heterocycles. The van der Waals surface area contributed by atoms with E-state index in [1.807, 2.05) is 4.90 Å². The maximum Gasteiger partial charge on any atom is 0.294 e. The molecular weight excluding hydrogens is 298 g/mol. The van der Waals surface area contributed by atoms with E-state index in [4.69, 9.17) is 4.74 Å². The zero-order valence-electron chi connectivity index (χ0n) is 13.4. The predicted octanol–water partition coefficient (Wildman–Crippen LogP) is 2.95. The highest BCUT2D eigenvalue weighted by molar-refractivity contribution is 5.91. The summed E-state index contributed by atoms with van der Waals surface area (Å²) < 4.78 is 5.28. The van der Waals surface area contributed by atoms with E-state index in [0.29, 0.717) is 44.1 Å². The second-order valence-electron chi connectivity index (χ2n) is 5.57. The molecule has 0 radical (unpaired) electrons. The molecule has 1 saturated heterocycles. The smallest absolute Gasteiger partial charge is 0.294 e. The van der Waals surface area contributed by atoms with Crippen LogP contribution in [0.3, 0.4) is 0 Å². The SMILES string of the molecule is CCCCCC(=O)Nc1ccc(N2CCOCC2)c([N+](=O)[O-])c1. The summed E-state index contributed by atoms with van der Waals surface area (Å²) >= 11 is 0. The van der Waals surface area contributed by atoms with E-state index in [2.05, 4.69) is 12.2 Å². The zero-order valence-corrected chi connectivity index (χ0v) is 13.4. The zero-order chi connectivity index (χ0) is 16.7. The molecule has 1 fully saturated rings. The van der Waals surface area contributed by atoms with E-state index in [0.717, 1.165) is 19.3 Å². The number of nitro groups is 1. The molecule has 7 heteroatoms. The summed E-state index contributed by atoms with van der Waals surface area (Å²) in [5.41, 5.74) is 1.05. The van der Waals surface area contributed by atoms with Crippen LogP contribution >= 0.6 is 0 Å². The van der Waals surface area contributed by atoms with Crippen molar-refractivity contribution in [1.82, 2.24) is 0 Å². The van der Waals surface area contributed by atoms with Gasteiger partial charge in [-0.1, -0.05) is 19.8 Å². The van der Waals surface area contributed by atoms with Crippen LogP contribution in [-0.4, -0.2) is 37.1 Å². The van der Waals surface area contributed by atoms with Crippen LogP contribution in [0.1, 0.15) is 32.6 Å². The molecule has 0 aromatic heterocycles. The molecule has 0 unspecified atom stereocenters. The Bertz CT molecular complexity index is 556. The Morgan fingerprint density at radius 2 is 2.09 bits per heavy atom. The first-order chi connectivity index (χ1) is 11.1. The topological polar surface area (TPSA) is 84.7 Å². The van der Waals surface area contributed by atoms with Gasteiger partial charge in [0.25, 0.3) is 5.69 Å². The second kappa shape index (κ2) is 8.47. The summed E-state index contributed by atoms with van der Waals surface area (Å²) in [7, 11) is 0. The lowest BCUT2D eigenvalue weighted by Gasteiger charge is -2.28. The Labute approximate surface area is 135 Å². The van der Waals surface area contributed by atoms with Gasteiger partial charge in [0.2, 0.25) is 5.91 Å². The Morgan fingerprint density at radius 1 is 1.35 bits per heavy atom.